The van der Waals surface area contributed by atoms with Gasteiger partial charge in [0.25, 0.3) is 5.91 Å². The highest BCUT2D eigenvalue weighted by molar-refractivity contribution is 5.88. The first-order valence-electron chi connectivity index (χ1n) is 21.4. The Kier molecular flexibility index (Phi) is 12.7. The normalized spacial score (nSPS) is 17.0. The maximum Gasteiger partial charge on any atom is 0.407 e. The van der Waals surface area contributed by atoms with Gasteiger partial charge in [-0.1, -0.05) is 117 Å². The molecule has 0 bridgehead atoms. The number of aromatic amines is 2. The third-order valence-electron chi connectivity index (χ3n) is 12.1. The van der Waals surface area contributed by atoms with Gasteiger partial charge in [-0.05, 0) is 70.5 Å². The molecule has 6 aromatic rings. The number of aromatic nitrogens is 4. The molecule has 4 aromatic carbocycles. The minimum Gasteiger partial charge on any atom is -0.453 e. The summed E-state index contributed by atoms with van der Waals surface area (Å²) in [5.41, 5.74) is 8.71. The molecule has 4 atom stereocenters. The van der Waals surface area contributed by atoms with Crippen LogP contribution in [0.15, 0.2) is 116 Å². The van der Waals surface area contributed by atoms with Crippen molar-refractivity contribution in [2.45, 2.75) is 63.7 Å². The lowest BCUT2D eigenvalue weighted by Crippen LogP contribution is -2.51. The first kappa shape index (κ1) is 42.5. The molecule has 0 aliphatic carbocycles. The Labute approximate surface area is 366 Å². The molecule has 0 saturated carbocycles. The Balaban J connectivity index is 0.900. The maximum atomic E-state index is 13.9. The lowest BCUT2D eigenvalue weighted by atomic mass is 9.98. The van der Waals surface area contributed by atoms with Crippen LogP contribution >= 0.6 is 0 Å². The molecule has 63 heavy (non-hydrogen) atoms. The molecule has 2 saturated heterocycles. The number of nitrogens with one attached hydrogen (secondary N) is 4. The first-order chi connectivity index (χ1) is 30.6. The number of H-pyrrole nitrogens is 2. The van der Waals surface area contributed by atoms with E-state index >= 15 is 0 Å². The summed E-state index contributed by atoms with van der Waals surface area (Å²) in [6.45, 7) is 4.96. The second kappa shape index (κ2) is 18.8. The summed E-state index contributed by atoms with van der Waals surface area (Å²) in [5, 5.41) is 5.42. The summed E-state index contributed by atoms with van der Waals surface area (Å²) < 4.78 is 9.60. The van der Waals surface area contributed by atoms with Crippen molar-refractivity contribution in [3.05, 3.63) is 133 Å². The fourth-order valence-corrected chi connectivity index (χ4v) is 8.63. The standard InChI is InChI=1S/C49H52N8O6/c1-30(2)42(54-48(60)62-3)46(58)56-26-8-12-40(56)44-50-28-38(52-44)35-22-18-33(19-23-35)31-14-16-32(17-15-31)34-20-24-36(25-21-34)39-29-51-45(53-39)41-13-9-27-57(41)47(59)43(55-49(61)63-4)37-10-6-5-7-11-37/h5-7,10-11,14-25,28-30,40-43H,8-9,12-13,26-27H2,1-4H3,(H,50,52)(H,51,53)(H,54,60)(H,55,61)/t40-,41-,42?,43+/m0/s1. The van der Waals surface area contributed by atoms with Crippen molar-refractivity contribution in [2.75, 3.05) is 27.3 Å². The van der Waals surface area contributed by atoms with Gasteiger partial charge in [0.05, 0.1) is 50.1 Å². The van der Waals surface area contributed by atoms with Crippen molar-refractivity contribution < 1.29 is 28.7 Å². The number of hydrogen-bond donors (Lipinski definition) is 4. The number of hydrogen-bond acceptors (Lipinski definition) is 8. The average molecular weight is 849 g/mol. The molecule has 2 aliphatic heterocycles. The Morgan fingerprint density at radius 3 is 1.43 bits per heavy atom. The molecule has 2 aliphatic rings. The average Bonchev–Trinajstić information content (AvgIpc) is 4.17. The van der Waals surface area contributed by atoms with Crippen molar-refractivity contribution in [1.29, 1.82) is 0 Å². The van der Waals surface area contributed by atoms with Crippen LogP contribution in [-0.4, -0.2) is 87.1 Å². The summed E-state index contributed by atoms with van der Waals surface area (Å²) >= 11 is 0. The second-order valence-electron chi connectivity index (χ2n) is 16.3. The van der Waals surface area contributed by atoms with Crippen LogP contribution in [0.4, 0.5) is 9.59 Å². The Hall–Kier alpha value is -7.22. The topological polar surface area (TPSA) is 175 Å². The molecular weight excluding hydrogens is 797 g/mol. The van der Waals surface area contributed by atoms with E-state index in [0.717, 1.165) is 76.3 Å². The Morgan fingerprint density at radius 1 is 0.587 bits per heavy atom. The molecule has 14 nitrogen and oxygen atoms in total. The van der Waals surface area contributed by atoms with Crippen LogP contribution in [0.25, 0.3) is 44.8 Å². The van der Waals surface area contributed by atoms with Gasteiger partial charge >= 0.3 is 12.2 Å². The summed E-state index contributed by atoms with van der Waals surface area (Å²) in [5.74, 6) is 0.986. The van der Waals surface area contributed by atoms with Crippen molar-refractivity contribution in [3.63, 3.8) is 0 Å². The van der Waals surface area contributed by atoms with E-state index in [1.54, 1.807) is 11.1 Å². The van der Waals surface area contributed by atoms with Gasteiger partial charge in [0.2, 0.25) is 5.91 Å². The lowest BCUT2D eigenvalue weighted by molar-refractivity contribution is -0.135. The molecule has 4 N–H and O–H groups in total. The highest BCUT2D eigenvalue weighted by atomic mass is 16.5. The fourth-order valence-electron chi connectivity index (χ4n) is 8.63. The van der Waals surface area contributed by atoms with Crippen LogP contribution in [0.1, 0.15) is 74.9 Å². The number of imidazole rings is 2. The first-order valence-corrected chi connectivity index (χ1v) is 21.4. The SMILES string of the molecule is COC(=O)NC(C(=O)N1CCC[C@H]1c1ncc(-c2ccc(-c3ccc(-c4ccc(-c5cnc([C@@H]6CCCN6C(=O)[C@H](NC(=O)OC)c6ccccc6)[nH]5)cc4)cc3)cc2)[nH]1)C(C)C. The number of benzene rings is 4. The fraction of sp³-hybridized carbons (Fsp3) is 0.306. The molecule has 0 spiro atoms. The number of methoxy groups -OCH3 is 2. The quantitative estimate of drug-likeness (QED) is 0.0947. The van der Waals surface area contributed by atoms with E-state index in [0.29, 0.717) is 24.5 Å². The molecule has 4 amide bonds. The van der Waals surface area contributed by atoms with Crippen LogP contribution in [0.5, 0.6) is 0 Å². The van der Waals surface area contributed by atoms with Crippen LogP contribution < -0.4 is 10.6 Å². The monoisotopic (exact) mass is 848 g/mol. The van der Waals surface area contributed by atoms with Crippen LogP contribution in [0, 0.1) is 5.92 Å². The number of ether oxygens (including phenoxy) is 2. The smallest absolute Gasteiger partial charge is 0.407 e. The predicted molar refractivity (Wildman–Crippen MR) is 239 cm³/mol. The summed E-state index contributed by atoms with van der Waals surface area (Å²) in [4.78, 5) is 71.6. The van der Waals surface area contributed by atoms with E-state index in [2.05, 4.69) is 98.4 Å². The van der Waals surface area contributed by atoms with Gasteiger partial charge in [0, 0.05) is 13.1 Å². The number of amides is 4. The van der Waals surface area contributed by atoms with Crippen molar-refractivity contribution in [2.24, 2.45) is 5.92 Å². The lowest BCUT2D eigenvalue weighted by Gasteiger charge is -2.30. The minimum atomic E-state index is -0.877. The molecule has 2 aromatic heterocycles. The van der Waals surface area contributed by atoms with Crippen LogP contribution in [0.3, 0.4) is 0 Å². The highest BCUT2D eigenvalue weighted by Gasteiger charge is 2.39. The number of nitrogens with zero attached hydrogens (tertiary/aromatic N) is 4. The molecule has 8 rings (SSSR count). The summed E-state index contributed by atoms with van der Waals surface area (Å²) in [6, 6.07) is 32.3. The minimum absolute atomic E-state index is 0.104. The molecule has 14 heteroatoms. The van der Waals surface area contributed by atoms with Gasteiger partial charge in [-0.25, -0.2) is 19.6 Å². The maximum absolute atomic E-state index is 13.9. The van der Waals surface area contributed by atoms with Crippen molar-refractivity contribution in [3.8, 4) is 44.8 Å². The number of rotatable bonds is 12. The van der Waals surface area contributed by atoms with Gasteiger partial charge < -0.3 is 39.9 Å². The Morgan fingerprint density at radius 2 is 1.00 bits per heavy atom. The van der Waals surface area contributed by atoms with Gasteiger partial charge in [0.15, 0.2) is 0 Å². The molecule has 4 heterocycles. The second-order valence-corrected chi connectivity index (χ2v) is 16.3. The summed E-state index contributed by atoms with van der Waals surface area (Å²) in [6.07, 6.45) is 5.54. The zero-order chi connectivity index (χ0) is 44.0. The zero-order valence-electron chi connectivity index (χ0n) is 35.8. The van der Waals surface area contributed by atoms with Gasteiger partial charge in [-0.15, -0.1) is 0 Å². The highest BCUT2D eigenvalue weighted by Crippen LogP contribution is 2.36. The van der Waals surface area contributed by atoms with Crippen molar-refractivity contribution >= 4 is 24.0 Å². The number of carbonyl (C=O) groups excluding carboxylic acids is 4. The molecule has 324 valence electrons. The zero-order valence-corrected chi connectivity index (χ0v) is 35.8. The van der Waals surface area contributed by atoms with Gasteiger partial charge in [0.1, 0.15) is 23.7 Å². The van der Waals surface area contributed by atoms with Gasteiger partial charge in [-0.3, -0.25) is 9.59 Å². The van der Waals surface area contributed by atoms with Crippen molar-refractivity contribution in [1.82, 2.24) is 40.4 Å². The number of alkyl carbamates (subject to hydrolysis) is 2. The van der Waals surface area contributed by atoms with Gasteiger partial charge in [-0.2, -0.15) is 0 Å². The largest absolute Gasteiger partial charge is 0.453 e. The molecule has 2 fully saturated rings. The van der Waals surface area contributed by atoms with Crippen LogP contribution in [0.2, 0.25) is 0 Å². The summed E-state index contributed by atoms with van der Waals surface area (Å²) in [7, 11) is 2.57. The van der Waals surface area contributed by atoms with E-state index in [1.165, 1.54) is 14.2 Å². The Bertz CT molecular complexity index is 2540. The van der Waals surface area contributed by atoms with Crippen LogP contribution in [-0.2, 0) is 19.1 Å². The van der Waals surface area contributed by atoms with E-state index < -0.39 is 24.3 Å². The number of likely N-dealkylation sites (tertiary alicyclic amines) is 2. The molecular formula is C49H52N8O6. The molecule has 1 unspecified atom stereocenters. The third-order valence-corrected chi connectivity index (χ3v) is 12.1. The number of carbonyl (C=O) groups is 4. The molecule has 0 radical (unpaired) electrons. The van der Waals surface area contributed by atoms with E-state index in [4.69, 9.17) is 14.5 Å². The van der Waals surface area contributed by atoms with E-state index in [9.17, 15) is 19.2 Å². The van der Waals surface area contributed by atoms with E-state index in [1.807, 2.05) is 55.3 Å². The predicted octanol–water partition coefficient (Wildman–Crippen LogP) is 8.61. The van der Waals surface area contributed by atoms with E-state index in [-0.39, 0.29) is 29.8 Å². The third kappa shape index (κ3) is 9.20.